The van der Waals surface area contributed by atoms with Crippen molar-refractivity contribution in [3.8, 4) is 0 Å². The number of aryl methyl sites for hydroxylation is 1. The molecule has 1 aromatic heterocycles. The second-order valence-electron chi connectivity index (χ2n) is 4.03. The Hall–Kier alpha value is -0.400. The number of rotatable bonds is 2. The SMILES string of the molecule is CCn1ncc(Br)c1C1(O)CCS(=O)(=O)C1. The summed E-state index contributed by atoms with van der Waals surface area (Å²) in [5.41, 5.74) is -0.736. The summed E-state index contributed by atoms with van der Waals surface area (Å²) in [6.07, 6.45) is 1.82. The van der Waals surface area contributed by atoms with Crippen molar-refractivity contribution in [3.05, 3.63) is 16.4 Å². The number of hydrogen-bond acceptors (Lipinski definition) is 4. The van der Waals surface area contributed by atoms with E-state index < -0.39 is 15.4 Å². The lowest BCUT2D eigenvalue weighted by atomic mass is 9.99. The molecule has 5 nitrogen and oxygen atoms in total. The van der Waals surface area contributed by atoms with Gasteiger partial charge in [0.15, 0.2) is 9.84 Å². The van der Waals surface area contributed by atoms with Gasteiger partial charge in [-0.15, -0.1) is 0 Å². The molecule has 1 atom stereocenters. The zero-order valence-corrected chi connectivity index (χ0v) is 11.3. The fourth-order valence-corrected chi connectivity index (χ4v) is 4.55. The summed E-state index contributed by atoms with van der Waals surface area (Å²) in [6, 6.07) is 0. The third kappa shape index (κ3) is 1.91. The Labute approximate surface area is 103 Å². The van der Waals surface area contributed by atoms with Crippen LogP contribution in [0.25, 0.3) is 0 Å². The highest BCUT2D eigenvalue weighted by Gasteiger charge is 2.45. The van der Waals surface area contributed by atoms with Crippen molar-refractivity contribution in [2.45, 2.75) is 25.5 Å². The Morgan fingerprint density at radius 3 is 2.88 bits per heavy atom. The molecule has 7 heteroatoms. The molecule has 1 aliphatic heterocycles. The zero-order valence-electron chi connectivity index (χ0n) is 8.85. The van der Waals surface area contributed by atoms with E-state index in [9.17, 15) is 13.5 Å². The quantitative estimate of drug-likeness (QED) is 0.871. The molecule has 2 rings (SSSR count). The smallest absolute Gasteiger partial charge is 0.153 e. The molecule has 0 bridgehead atoms. The summed E-state index contributed by atoms with van der Waals surface area (Å²) in [5.74, 6) is -0.185. The molecule has 1 unspecified atom stereocenters. The first-order valence-electron chi connectivity index (χ1n) is 5.02. The van der Waals surface area contributed by atoms with Gasteiger partial charge in [0.25, 0.3) is 0 Å². The third-order valence-electron chi connectivity index (χ3n) is 2.82. The largest absolute Gasteiger partial charge is 0.382 e. The van der Waals surface area contributed by atoms with Crippen LogP contribution >= 0.6 is 15.9 Å². The van der Waals surface area contributed by atoms with E-state index in [4.69, 9.17) is 0 Å². The van der Waals surface area contributed by atoms with Crippen molar-refractivity contribution in [2.75, 3.05) is 11.5 Å². The average Bonchev–Trinajstić information content (AvgIpc) is 2.68. The standard InChI is InChI=1S/C9H13BrN2O3S/c1-2-12-8(7(10)5-11-12)9(13)3-4-16(14,15)6-9/h5,13H,2-4,6H2,1H3. The molecule has 16 heavy (non-hydrogen) atoms. The molecule has 1 fully saturated rings. The van der Waals surface area contributed by atoms with E-state index in [0.29, 0.717) is 16.7 Å². The molecule has 2 heterocycles. The molecule has 1 aromatic rings. The van der Waals surface area contributed by atoms with Gasteiger partial charge in [-0.1, -0.05) is 0 Å². The zero-order chi connectivity index (χ0) is 12.0. The van der Waals surface area contributed by atoms with Crippen LogP contribution in [0.4, 0.5) is 0 Å². The van der Waals surface area contributed by atoms with Crippen LogP contribution in [0.1, 0.15) is 19.0 Å². The summed E-state index contributed by atoms with van der Waals surface area (Å²) >= 11 is 3.30. The minimum atomic E-state index is -3.13. The first-order valence-corrected chi connectivity index (χ1v) is 7.64. The van der Waals surface area contributed by atoms with Gasteiger partial charge in [-0.25, -0.2) is 8.42 Å². The number of sulfone groups is 1. The summed E-state index contributed by atoms with van der Waals surface area (Å²) in [7, 11) is -3.13. The summed E-state index contributed by atoms with van der Waals surface area (Å²) in [4.78, 5) is 0. The predicted molar refractivity (Wildman–Crippen MR) is 62.8 cm³/mol. The Bertz CT molecular complexity index is 511. The first kappa shape index (κ1) is 12.1. The molecular formula is C9H13BrN2O3S. The van der Waals surface area contributed by atoms with Crippen LogP contribution in [0.15, 0.2) is 10.7 Å². The van der Waals surface area contributed by atoms with Gasteiger partial charge in [0, 0.05) is 6.54 Å². The molecule has 0 aliphatic carbocycles. The second-order valence-corrected chi connectivity index (χ2v) is 7.07. The minimum absolute atomic E-state index is 0.0326. The van der Waals surface area contributed by atoms with E-state index >= 15 is 0 Å². The summed E-state index contributed by atoms with van der Waals surface area (Å²) in [5, 5.41) is 14.5. The lowest BCUT2D eigenvalue weighted by Crippen LogP contribution is -2.30. The van der Waals surface area contributed by atoms with Crippen LogP contribution in [-0.4, -0.2) is 34.8 Å². The van der Waals surface area contributed by atoms with Crippen molar-refractivity contribution >= 4 is 25.8 Å². The second kappa shape index (κ2) is 3.82. The molecule has 90 valence electrons. The highest BCUT2D eigenvalue weighted by atomic mass is 79.9. The Morgan fingerprint density at radius 2 is 2.38 bits per heavy atom. The van der Waals surface area contributed by atoms with Gasteiger partial charge in [0.1, 0.15) is 5.60 Å². The molecule has 0 saturated carbocycles. The monoisotopic (exact) mass is 308 g/mol. The Morgan fingerprint density at radius 1 is 1.69 bits per heavy atom. The molecule has 0 aromatic carbocycles. The maximum atomic E-state index is 11.4. The molecule has 1 saturated heterocycles. The van der Waals surface area contributed by atoms with Crippen molar-refractivity contribution in [1.29, 1.82) is 0 Å². The van der Waals surface area contributed by atoms with Gasteiger partial charge < -0.3 is 5.11 Å². The van der Waals surface area contributed by atoms with Gasteiger partial charge in [0.2, 0.25) is 0 Å². The lowest BCUT2D eigenvalue weighted by molar-refractivity contribution is 0.0548. The maximum Gasteiger partial charge on any atom is 0.153 e. The van der Waals surface area contributed by atoms with Gasteiger partial charge in [-0.2, -0.15) is 5.10 Å². The minimum Gasteiger partial charge on any atom is -0.382 e. The molecule has 0 amide bonds. The van der Waals surface area contributed by atoms with E-state index in [2.05, 4.69) is 21.0 Å². The average molecular weight is 309 g/mol. The summed E-state index contributed by atoms with van der Waals surface area (Å²) < 4.78 is 25.2. The summed E-state index contributed by atoms with van der Waals surface area (Å²) in [6.45, 7) is 2.50. The fraction of sp³-hybridized carbons (Fsp3) is 0.667. The normalized spacial score (nSPS) is 28.4. The molecule has 0 radical (unpaired) electrons. The van der Waals surface area contributed by atoms with E-state index in [1.165, 1.54) is 0 Å². The van der Waals surface area contributed by atoms with Gasteiger partial charge in [0.05, 0.1) is 27.9 Å². The van der Waals surface area contributed by atoms with Gasteiger partial charge in [-0.3, -0.25) is 4.68 Å². The van der Waals surface area contributed by atoms with Crippen LogP contribution in [0.5, 0.6) is 0 Å². The number of aliphatic hydroxyl groups is 1. The van der Waals surface area contributed by atoms with Crippen molar-refractivity contribution < 1.29 is 13.5 Å². The predicted octanol–water partition coefficient (Wildman–Crippen LogP) is 0.672. The lowest BCUT2D eigenvalue weighted by Gasteiger charge is -2.22. The van der Waals surface area contributed by atoms with Crippen LogP contribution in [0.3, 0.4) is 0 Å². The number of aromatic nitrogens is 2. The first-order chi connectivity index (χ1) is 7.38. The highest BCUT2D eigenvalue weighted by Crippen LogP contribution is 2.37. The van der Waals surface area contributed by atoms with Crippen molar-refractivity contribution in [1.82, 2.24) is 9.78 Å². The van der Waals surface area contributed by atoms with Gasteiger partial charge in [-0.05, 0) is 29.3 Å². The van der Waals surface area contributed by atoms with Crippen LogP contribution in [0.2, 0.25) is 0 Å². The van der Waals surface area contributed by atoms with Crippen molar-refractivity contribution in [3.63, 3.8) is 0 Å². The molecule has 0 spiro atoms. The van der Waals surface area contributed by atoms with E-state index in [-0.39, 0.29) is 17.9 Å². The Kier molecular flexibility index (Phi) is 2.88. The topological polar surface area (TPSA) is 72.2 Å². The van der Waals surface area contributed by atoms with Crippen LogP contribution < -0.4 is 0 Å². The highest BCUT2D eigenvalue weighted by molar-refractivity contribution is 9.10. The molecular weight excluding hydrogens is 296 g/mol. The van der Waals surface area contributed by atoms with E-state index in [1.807, 2.05) is 6.92 Å². The maximum absolute atomic E-state index is 11.4. The number of hydrogen-bond donors (Lipinski definition) is 1. The molecule has 1 aliphatic rings. The van der Waals surface area contributed by atoms with Gasteiger partial charge >= 0.3 is 0 Å². The van der Waals surface area contributed by atoms with E-state index in [0.717, 1.165) is 0 Å². The van der Waals surface area contributed by atoms with Crippen LogP contribution in [-0.2, 0) is 22.0 Å². The molecule has 1 N–H and O–H groups in total. The number of halogens is 1. The van der Waals surface area contributed by atoms with Crippen molar-refractivity contribution in [2.24, 2.45) is 0 Å². The third-order valence-corrected chi connectivity index (χ3v) is 5.14. The number of nitrogens with zero attached hydrogens (tertiary/aromatic N) is 2. The van der Waals surface area contributed by atoms with E-state index in [1.54, 1.807) is 10.9 Å². The Balaban J connectivity index is 2.48. The van der Waals surface area contributed by atoms with Crippen LogP contribution in [0, 0.1) is 0 Å². The fourth-order valence-electron chi connectivity index (χ4n) is 2.08.